The highest BCUT2D eigenvalue weighted by molar-refractivity contribution is 6.17. The molecule has 6 heteroatoms. The van der Waals surface area contributed by atoms with Crippen molar-refractivity contribution in [2.45, 2.75) is 13.3 Å². The van der Waals surface area contributed by atoms with Crippen LogP contribution in [0.15, 0.2) is 48.5 Å². The van der Waals surface area contributed by atoms with Gasteiger partial charge in [-0.3, -0.25) is 14.5 Å². The Labute approximate surface area is 147 Å². The van der Waals surface area contributed by atoms with E-state index in [1.807, 2.05) is 42.5 Å². The zero-order valence-corrected chi connectivity index (χ0v) is 14.2. The lowest BCUT2D eigenvalue weighted by Gasteiger charge is -2.23. The molecule has 2 aromatic rings. The standard InChI is InChI=1S/C18H19N3O2.ClH/c1-2-19-12-11-17(22)21-15-9-5-3-7-13(15)18(23)20-14-8-4-6-10-16(14)21;/h3-10,19H,2,11-12H2,1H3,(H,20,23);1H. The molecule has 1 aliphatic heterocycles. The highest BCUT2D eigenvalue weighted by Crippen LogP contribution is 2.37. The van der Waals surface area contributed by atoms with Crippen LogP contribution >= 0.6 is 0 Å². The second kappa shape index (κ2) is 7.95. The van der Waals surface area contributed by atoms with E-state index in [2.05, 4.69) is 17.6 Å². The van der Waals surface area contributed by atoms with E-state index in [-0.39, 0.29) is 24.2 Å². The summed E-state index contributed by atoms with van der Waals surface area (Å²) in [5.41, 5.74) is 2.52. The first-order chi connectivity index (χ1) is 11.2. The van der Waals surface area contributed by atoms with E-state index in [4.69, 9.17) is 0 Å². The molecule has 0 unspecified atom stereocenters. The Kier molecular flexibility index (Phi) is 5.95. The lowest BCUT2D eigenvalue weighted by atomic mass is 10.1. The Morgan fingerprint density at radius 1 is 1.08 bits per heavy atom. The van der Waals surface area contributed by atoms with E-state index >= 15 is 0 Å². The summed E-state index contributed by atoms with van der Waals surface area (Å²) < 4.78 is 0. The Bertz CT molecular complexity index is 749. The highest BCUT2D eigenvalue weighted by Gasteiger charge is 2.28. The van der Waals surface area contributed by atoms with Crippen LogP contribution in [0.5, 0.6) is 0 Å². The number of amides is 2. The zero-order valence-electron chi connectivity index (χ0n) is 13.5. The average molecular weight is 346 g/mol. The molecule has 0 fully saturated rings. The van der Waals surface area contributed by atoms with E-state index in [0.717, 1.165) is 13.1 Å². The number of fused-ring (bicyclic) bond motifs is 2. The van der Waals surface area contributed by atoms with Crippen LogP contribution in [0.25, 0.3) is 0 Å². The summed E-state index contributed by atoms with van der Waals surface area (Å²) >= 11 is 0. The first-order valence-electron chi connectivity index (χ1n) is 7.86. The van der Waals surface area contributed by atoms with E-state index < -0.39 is 0 Å². The number of hydrogen-bond donors (Lipinski definition) is 2. The van der Waals surface area contributed by atoms with Crippen LogP contribution in [0.3, 0.4) is 0 Å². The lowest BCUT2D eigenvalue weighted by Crippen LogP contribution is -3.00. The summed E-state index contributed by atoms with van der Waals surface area (Å²) in [4.78, 5) is 26.9. The van der Waals surface area contributed by atoms with Gasteiger partial charge in [0.15, 0.2) is 0 Å². The number of carbonyl (C=O) groups excluding carboxylic acids is 2. The first kappa shape index (κ1) is 18.0. The van der Waals surface area contributed by atoms with Gasteiger partial charge in [0.25, 0.3) is 5.91 Å². The number of quaternary nitrogens is 1. The normalized spacial score (nSPS) is 12.4. The molecule has 1 heterocycles. The second-order valence-electron chi connectivity index (χ2n) is 5.45. The second-order valence-corrected chi connectivity index (χ2v) is 5.45. The highest BCUT2D eigenvalue weighted by atomic mass is 35.5. The summed E-state index contributed by atoms with van der Waals surface area (Å²) in [6, 6.07) is 14.6. The van der Waals surface area contributed by atoms with Crippen molar-refractivity contribution in [1.82, 2.24) is 0 Å². The van der Waals surface area contributed by atoms with E-state index in [1.165, 1.54) is 0 Å². The SMILES string of the molecule is CC[NH2+]CCC(=O)N1c2ccccc2NC(=O)c2ccccc21.[Cl-]. The van der Waals surface area contributed by atoms with Crippen LogP contribution in [0.2, 0.25) is 0 Å². The van der Waals surface area contributed by atoms with Gasteiger partial charge in [0.1, 0.15) is 0 Å². The Morgan fingerprint density at radius 3 is 2.50 bits per heavy atom. The molecule has 2 aromatic carbocycles. The molecule has 0 bridgehead atoms. The van der Waals surface area contributed by atoms with Gasteiger partial charge >= 0.3 is 0 Å². The third-order valence-corrected chi connectivity index (χ3v) is 3.88. The summed E-state index contributed by atoms with van der Waals surface area (Å²) in [6.07, 6.45) is 0.421. The number of carbonyl (C=O) groups is 2. The smallest absolute Gasteiger partial charge is 0.257 e. The molecule has 3 N–H and O–H groups in total. The third-order valence-electron chi connectivity index (χ3n) is 3.88. The number of nitrogens with one attached hydrogen (secondary N) is 1. The molecule has 126 valence electrons. The minimum atomic E-state index is -0.191. The van der Waals surface area contributed by atoms with Crippen LogP contribution in [0.4, 0.5) is 17.1 Å². The Morgan fingerprint density at radius 2 is 1.75 bits per heavy atom. The molecule has 2 amide bonds. The number of nitrogens with zero attached hydrogens (tertiary/aromatic N) is 1. The van der Waals surface area contributed by atoms with Gasteiger partial charge in [0.2, 0.25) is 5.91 Å². The maximum absolute atomic E-state index is 12.8. The number of anilines is 3. The third kappa shape index (κ3) is 3.42. The number of halogens is 1. The molecule has 0 radical (unpaired) electrons. The Hall–Kier alpha value is -2.37. The minimum absolute atomic E-state index is 0. The first-order valence-corrected chi connectivity index (χ1v) is 7.86. The number of rotatable bonds is 4. The van der Waals surface area contributed by atoms with Gasteiger partial charge < -0.3 is 23.0 Å². The maximum Gasteiger partial charge on any atom is 0.257 e. The molecule has 5 nitrogen and oxygen atoms in total. The molecule has 24 heavy (non-hydrogen) atoms. The van der Waals surface area contributed by atoms with Crippen LogP contribution in [0, 0.1) is 0 Å². The maximum atomic E-state index is 12.8. The van der Waals surface area contributed by atoms with Gasteiger partial charge in [-0.2, -0.15) is 0 Å². The number of benzene rings is 2. The number of hydrogen-bond acceptors (Lipinski definition) is 2. The van der Waals surface area contributed by atoms with Crippen molar-refractivity contribution in [3.8, 4) is 0 Å². The average Bonchev–Trinajstić information content (AvgIpc) is 2.69. The lowest BCUT2D eigenvalue weighted by molar-refractivity contribution is -0.650. The van der Waals surface area contributed by atoms with Gasteiger partial charge in [0.05, 0.1) is 42.1 Å². The van der Waals surface area contributed by atoms with Crippen LogP contribution in [-0.4, -0.2) is 24.9 Å². The van der Waals surface area contributed by atoms with Gasteiger partial charge in [-0.15, -0.1) is 0 Å². The fourth-order valence-electron chi connectivity index (χ4n) is 2.76. The number of para-hydroxylation sites is 3. The van der Waals surface area contributed by atoms with Crippen LogP contribution in [0.1, 0.15) is 23.7 Å². The van der Waals surface area contributed by atoms with Crippen molar-refractivity contribution in [1.29, 1.82) is 0 Å². The zero-order chi connectivity index (χ0) is 16.2. The molecule has 0 saturated heterocycles. The monoisotopic (exact) mass is 345 g/mol. The fraction of sp³-hybridized carbons (Fsp3) is 0.222. The van der Waals surface area contributed by atoms with Gasteiger partial charge in [0, 0.05) is 0 Å². The molecule has 0 atom stereocenters. The molecular formula is C18H20ClN3O2. The number of nitrogens with two attached hydrogens (primary N) is 1. The summed E-state index contributed by atoms with van der Waals surface area (Å²) in [6.45, 7) is 3.74. The van der Waals surface area contributed by atoms with Crippen molar-refractivity contribution < 1.29 is 27.3 Å². The summed E-state index contributed by atoms with van der Waals surface area (Å²) in [5.74, 6) is -0.199. The molecule has 0 aromatic heterocycles. The summed E-state index contributed by atoms with van der Waals surface area (Å²) in [5, 5.41) is 4.98. The van der Waals surface area contributed by atoms with Crippen molar-refractivity contribution in [2.75, 3.05) is 23.3 Å². The van der Waals surface area contributed by atoms with Crippen molar-refractivity contribution in [2.24, 2.45) is 0 Å². The molecular weight excluding hydrogens is 326 g/mol. The van der Waals surface area contributed by atoms with Crippen LogP contribution in [-0.2, 0) is 4.79 Å². The van der Waals surface area contributed by atoms with E-state index in [1.54, 1.807) is 11.0 Å². The summed E-state index contributed by atoms with van der Waals surface area (Å²) in [7, 11) is 0. The predicted octanol–water partition coefficient (Wildman–Crippen LogP) is -1.11. The quantitative estimate of drug-likeness (QED) is 0.691. The van der Waals surface area contributed by atoms with Gasteiger partial charge in [-0.1, -0.05) is 24.3 Å². The van der Waals surface area contributed by atoms with Crippen molar-refractivity contribution in [3.63, 3.8) is 0 Å². The topological polar surface area (TPSA) is 66.0 Å². The Balaban J connectivity index is 0.00000208. The largest absolute Gasteiger partial charge is 1.00 e. The van der Waals surface area contributed by atoms with E-state index in [9.17, 15) is 9.59 Å². The molecule has 0 spiro atoms. The van der Waals surface area contributed by atoms with E-state index in [0.29, 0.717) is 29.0 Å². The van der Waals surface area contributed by atoms with Crippen LogP contribution < -0.4 is 27.9 Å². The predicted molar refractivity (Wildman–Crippen MR) is 89.9 cm³/mol. The molecule has 1 aliphatic rings. The minimum Gasteiger partial charge on any atom is -1.00 e. The van der Waals surface area contributed by atoms with Crippen molar-refractivity contribution >= 4 is 28.9 Å². The van der Waals surface area contributed by atoms with Gasteiger partial charge in [-0.25, -0.2) is 0 Å². The fourth-order valence-corrected chi connectivity index (χ4v) is 2.76. The molecule has 3 rings (SSSR count). The molecule has 0 saturated carbocycles. The van der Waals surface area contributed by atoms with Gasteiger partial charge in [-0.05, 0) is 31.2 Å². The van der Waals surface area contributed by atoms with Crippen molar-refractivity contribution in [3.05, 3.63) is 54.1 Å². The molecule has 0 aliphatic carbocycles.